The Morgan fingerprint density at radius 2 is 1.65 bits per heavy atom. The van der Waals surface area contributed by atoms with E-state index >= 15 is 0 Å². The van der Waals surface area contributed by atoms with Gasteiger partial charge in [-0.2, -0.15) is 0 Å². The van der Waals surface area contributed by atoms with Gasteiger partial charge in [-0.05, 0) is 43.2 Å². The SMILES string of the molecule is [CH2]Cc1ccc(NC(=O)c2ccccc2)cc1. The maximum atomic E-state index is 11.8. The average molecular weight is 224 g/mol. The smallest absolute Gasteiger partial charge is 0.255 e. The molecule has 0 unspecified atom stereocenters. The summed E-state index contributed by atoms with van der Waals surface area (Å²) in [5.41, 5.74) is 2.62. The lowest BCUT2D eigenvalue weighted by atomic mass is 10.1. The van der Waals surface area contributed by atoms with Crippen LogP contribution in [0.4, 0.5) is 5.69 Å². The third kappa shape index (κ3) is 2.94. The Hall–Kier alpha value is -2.09. The largest absolute Gasteiger partial charge is 0.322 e. The lowest BCUT2D eigenvalue weighted by molar-refractivity contribution is 0.102. The summed E-state index contributed by atoms with van der Waals surface area (Å²) in [4.78, 5) is 11.8. The first-order valence-electron chi connectivity index (χ1n) is 5.54. The van der Waals surface area contributed by atoms with Gasteiger partial charge in [-0.1, -0.05) is 30.3 Å². The number of carbonyl (C=O) groups is 1. The van der Waals surface area contributed by atoms with Gasteiger partial charge in [0.05, 0.1) is 0 Å². The highest BCUT2D eigenvalue weighted by molar-refractivity contribution is 6.04. The van der Waals surface area contributed by atoms with Crippen LogP contribution in [0.25, 0.3) is 0 Å². The molecule has 2 aromatic carbocycles. The summed E-state index contributed by atoms with van der Waals surface area (Å²) in [7, 11) is 0. The van der Waals surface area contributed by atoms with Crippen LogP contribution in [0.2, 0.25) is 0 Å². The fourth-order valence-corrected chi connectivity index (χ4v) is 1.55. The Balaban J connectivity index is 2.08. The van der Waals surface area contributed by atoms with E-state index in [4.69, 9.17) is 0 Å². The lowest BCUT2D eigenvalue weighted by Crippen LogP contribution is -2.11. The minimum atomic E-state index is -0.0898. The van der Waals surface area contributed by atoms with Crippen molar-refractivity contribution in [1.82, 2.24) is 0 Å². The molecule has 0 heterocycles. The molecule has 0 bridgehead atoms. The zero-order valence-electron chi connectivity index (χ0n) is 9.52. The molecule has 1 radical (unpaired) electrons. The van der Waals surface area contributed by atoms with E-state index in [9.17, 15) is 4.79 Å². The van der Waals surface area contributed by atoms with E-state index in [0.717, 1.165) is 17.7 Å². The molecular weight excluding hydrogens is 210 g/mol. The van der Waals surface area contributed by atoms with Gasteiger partial charge in [0.25, 0.3) is 5.91 Å². The molecule has 0 saturated carbocycles. The molecule has 1 N–H and O–H groups in total. The molecule has 0 atom stereocenters. The summed E-state index contributed by atoms with van der Waals surface area (Å²) in [5.74, 6) is -0.0898. The summed E-state index contributed by atoms with van der Waals surface area (Å²) >= 11 is 0. The van der Waals surface area contributed by atoms with E-state index in [1.165, 1.54) is 0 Å². The predicted octanol–water partition coefficient (Wildman–Crippen LogP) is 3.32. The van der Waals surface area contributed by atoms with Crippen molar-refractivity contribution in [2.75, 3.05) is 5.32 Å². The van der Waals surface area contributed by atoms with Crippen LogP contribution in [-0.4, -0.2) is 5.91 Å². The van der Waals surface area contributed by atoms with E-state index < -0.39 is 0 Å². The number of carbonyl (C=O) groups excluding carboxylic acids is 1. The highest BCUT2D eigenvalue weighted by atomic mass is 16.1. The molecule has 2 aromatic rings. The Kier molecular flexibility index (Phi) is 3.55. The monoisotopic (exact) mass is 224 g/mol. The van der Waals surface area contributed by atoms with E-state index in [-0.39, 0.29) is 5.91 Å². The molecule has 0 spiro atoms. The predicted molar refractivity (Wildman–Crippen MR) is 69.9 cm³/mol. The molecule has 2 heteroatoms. The fraction of sp³-hybridized carbons (Fsp3) is 0.0667. The number of hydrogen-bond acceptors (Lipinski definition) is 1. The highest BCUT2D eigenvalue weighted by Gasteiger charge is 2.04. The van der Waals surface area contributed by atoms with Gasteiger partial charge >= 0.3 is 0 Å². The van der Waals surface area contributed by atoms with Gasteiger partial charge in [0.15, 0.2) is 0 Å². The van der Waals surface area contributed by atoms with Crippen molar-refractivity contribution in [3.05, 3.63) is 72.6 Å². The highest BCUT2D eigenvalue weighted by Crippen LogP contribution is 2.11. The Labute approximate surface area is 101 Å². The summed E-state index contributed by atoms with van der Waals surface area (Å²) in [5, 5.41) is 2.85. The van der Waals surface area contributed by atoms with E-state index in [0.29, 0.717) is 5.56 Å². The van der Waals surface area contributed by atoms with Gasteiger partial charge in [0, 0.05) is 11.3 Å². The van der Waals surface area contributed by atoms with Crippen LogP contribution < -0.4 is 5.32 Å². The minimum absolute atomic E-state index is 0.0898. The van der Waals surface area contributed by atoms with Gasteiger partial charge in [-0.25, -0.2) is 0 Å². The van der Waals surface area contributed by atoms with Crippen molar-refractivity contribution in [3.63, 3.8) is 0 Å². The zero-order chi connectivity index (χ0) is 12.1. The van der Waals surface area contributed by atoms with Gasteiger partial charge < -0.3 is 5.32 Å². The summed E-state index contributed by atoms with van der Waals surface area (Å²) in [6, 6.07) is 16.9. The topological polar surface area (TPSA) is 29.1 Å². The Morgan fingerprint density at radius 1 is 1.00 bits per heavy atom. The molecule has 0 aliphatic carbocycles. The van der Waals surface area contributed by atoms with Crippen molar-refractivity contribution in [2.24, 2.45) is 0 Å². The first-order chi connectivity index (χ1) is 8.29. The van der Waals surface area contributed by atoms with Crippen molar-refractivity contribution >= 4 is 11.6 Å². The second kappa shape index (κ2) is 5.30. The van der Waals surface area contributed by atoms with Crippen molar-refractivity contribution < 1.29 is 4.79 Å². The maximum absolute atomic E-state index is 11.8. The molecule has 0 aliphatic rings. The van der Waals surface area contributed by atoms with E-state index in [2.05, 4.69) is 12.2 Å². The van der Waals surface area contributed by atoms with Crippen LogP contribution in [-0.2, 0) is 6.42 Å². The quantitative estimate of drug-likeness (QED) is 0.851. The molecular formula is C15H14NO. The standard InChI is InChI=1S/C15H14NO/c1-2-12-8-10-14(11-9-12)16-15(17)13-6-4-3-5-7-13/h3-11H,1-2H2,(H,16,17). The molecule has 2 nitrogen and oxygen atoms in total. The summed E-state index contributed by atoms with van der Waals surface area (Å²) < 4.78 is 0. The van der Waals surface area contributed by atoms with Gasteiger partial charge in [-0.15, -0.1) is 0 Å². The van der Waals surface area contributed by atoms with Crippen LogP contribution in [0.5, 0.6) is 0 Å². The molecule has 0 saturated heterocycles. The van der Waals surface area contributed by atoms with Gasteiger partial charge in [-0.3, -0.25) is 4.79 Å². The summed E-state index contributed by atoms with van der Waals surface area (Å²) in [6.45, 7) is 3.81. The average Bonchev–Trinajstić information content (AvgIpc) is 2.40. The number of hydrogen-bond donors (Lipinski definition) is 1. The molecule has 85 valence electrons. The number of rotatable bonds is 3. The molecule has 17 heavy (non-hydrogen) atoms. The Morgan fingerprint density at radius 3 is 2.24 bits per heavy atom. The zero-order valence-corrected chi connectivity index (χ0v) is 9.52. The normalized spacial score (nSPS) is 9.94. The third-order valence-corrected chi connectivity index (χ3v) is 2.54. The van der Waals surface area contributed by atoms with E-state index in [1.54, 1.807) is 12.1 Å². The first kappa shape index (κ1) is 11.4. The second-order valence-corrected chi connectivity index (χ2v) is 3.77. The lowest BCUT2D eigenvalue weighted by Gasteiger charge is -2.05. The summed E-state index contributed by atoms with van der Waals surface area (Å²) in [6.07, 6.45) is 0.757. The van der Waals surface area contributed by atoms with Gasteiger partial charge in [0.2, 0.25) is 0 Å². The number of nitrogens with one attached hydrogen (secondary N) is 1. The van der Waals surface area contributed by atoms with E-state index in [1.807, 2.05) is 42.5 Å². The van der Waals surface area contributed by atoms with Crippen molar-refractivity contribution in [1.29, 1.82) is 0 Å². The maximum Gasteiger partial charge on any atom is 0.255 e. The molecule has 0 aliphatic heterocycles. The number of amides is 1. The Bertz CT molecular complexity index is 488. The van der Waals surface area contributed by atoms with Crippen LogP contribution in [0.1, 0.15) is 15.9 Å². The fourth-order valence-electron chi connectivity index (χ4n) is 1.55. The third-order valence-electron chi connectivity index (χ3n) is 2.54. The van der Waals surface area contributed by atoms with Crippen LogP contribution >= 0.6 is 0 Å². The van der Waals surface area contributed by atoms with Crippen molar-refractivity contribution in [2.45, 2.75) is 6.42 Å². The number of benzene rings is 2. The molecule has 0 fully saturated rings. The van der Waals surface area contributed by atoms with Crippen LogP contribution in [0.3, 0.4) is 0 Å². The van der Waals surface area contributed by atoms with Crippen LogP contribution in [0, 0.1) is 6.92 Å². The first-order valence-corrected chi connectivity index (χ1v) is 5.54. The molecule has 2 rings (SSSR count). The van der Waals surface area contributed by atoms with Gasteiger partial charge in [0.1, 0.15) is 0 Å². The van der Waals surface area contributed by atoms with Crippen LogP contribution in [0.15, 0.2) is 54.6 Å². The molecule has 1 amide bonds. The van der Waals surface area contributed by atoms with Crippen molar-refractivity contribution in [3.8, 4) is 0 Å². The number of anilines is 1. The minimum Gasteiger partial charge on any atom is -0.322 e. The molecule has 0 aromatic heterocycles. The second-order valence-electron chi connectivity index (χ2n) is 3.77.